The summed E-state index contributed by atoms with van der Waals surface area (Å²) >= 11 is 3.46. The number of aliphatic hydroxyl groups is 2. The standard InChI is InChI=1S/2C13H8NS.C12H18O2.Ir/c2*1-2-7-12-10(5-1)9-13(15-12)11-6-3-4-8-14-11;1-10(13)9-12(14)8-7-11-5-3-2-4-6-11;/h2*1-8H;2-6,10,12-14H,7-9H2,1H3;/q2*-1;;. The van der Waals surface area contributed by atoms with Gasteiger partial charge in [-0.2, -0.15) is 0 Å². The molecule has 0 saturated heterocycles. The van der Waals surface area contributed by atoms with Crippen LogP contribution in [0.4, 0.5) is 0 Å². The largest absolute Gasteiger partial charge is 0.393 e. The van der Waals surface area contributed by atoms with Crippen LogP contribution in [0.1, 0.15) is 25.3 Å². The van der Waals surface area contributed by atoms with Gasteiger partial charge >= 0.3 is 0 Å². The summed E-state index contributed by atoms with van der Waals surface area (Å²) in [4.78, 5) is 10.9. The number of aryl methyl sites for hydroxylation is 1. The Labute approximate surface area is 286 Å². The molecule has 4 aromatic heterocycles. The van der Waals surface area contributed by atoms with Crippen LogP contribution >= 0.6 is 22.7 Å². The normalized spacial score (nSPS) is 11.8. The number of pyridine rings is 2. The van der Waals surface area contributed by atoms with E-state index < -0.39 is 12.2 Å². The van der Waals surface area contributed by atoms with E-state index in [-0.39, 0.29) is 20.1 Å². The number of hydrogen-bond acceptors (Lipinski definition) is 6. The van der Waals surface area contributed by atoms with Crippen LogP contribution in [-0.4, -0.2) is 32.4 Å². The Morgan fingerprint density at radius 3 is 1.53 bits per heavy atom. The van der Waals surface area contributed by atoms with Crippen LogP contribution in [0, 0.1) is 12.1 Å². The van der Waals surface area contributed by atoms with E-state index in [2.05, 4.69) is 70.6 Å². The van der Waals surface area contributed by atoms with E-state index in [0.717, 1.165) is 34.0 Å². The third-order valence-corrected chi connectivity index (χ3v) is 8.89. The van der Waals surface area contributed by atoms with Gasteiger partial charge in [0.25, 0.3) is 0 Å². The number of benzene rings is 3. The van der Waals surface area contributed by atoms with Gasteiger partial charge in [0.15, 0.2) is 0 Å². The summed E-state index contributed by atoms with van der Waals surface area (Å²) in [5, 5.41) is 20.9. The molecule has 1 radical (unpaired) electrons. The fraction of sp³-hybridized carbons (Fsp3) is 0.158. The zero-order valence-electron chi connectivity index (χ0n) is 24.8. The quantitative estimate of drug-likeness (QED) is 0.158. The van der Waals surface area contributed by atoms with Crippen molar-refractivity contribution < 1.29 is 30.3 Å². The Hall–Kier alpha value is -3.55. The van der Waals surface area contributed by atoms with E-state index in [1.807, 2.05) is 79.1 Å². The predicted molar refractivity (Wildman–Crippen MR) is 185 cm³/mol. The number of thiophene rings is 2. The topological polar surface area (TPSA) is 66.2 Å². The van der Waals surface area contributed by atoms with Crippen molar-refractivity contribution in [3.8, 4) is 21.1 Å². The zero-order chi connectivity index (χ0) is 30.6. The van der Waals surface area contributed by atoms with Gasteiger partial charge < -0.3 is 20.2 Å². The molecule has 2 atom stereocenters. The molecule has 0 aliphatic rings. The second-order valence-corrected chi connectivity index (χ2v) is 12.4. The molecule has 0 aliphatic heterocycles. The maximum absolute atomic E-state index is 9.52. The van der Waals surface area contributed by atoms with Gasteiger partial charge in [0.2, 0.25) is 0 Å². The fourth-order valence-electron chi connectivity index (χ4n) is 4.55. The molecule has 7 aromatic rings. The van der Waals surface area contributed by atoms with Crippen molar-refractivity contribution in [2.75, 3.05) is 0 Å². The second kappa shape index (κ2) is 17.8. The van der Waals surface area contributed by atoms with Crippen molar-refractivity contribution >= 4 is 42.8 Å². The molecule has 45 heavy (non-hydrogen) atoms. The van der Waals surface area contributed by atoms with Crippen LogP contribution in [-0.2, 0) is 26.5 Å². The Kier molecular flexibility index (Phi) is 13.6. The summed E-state index contributed by atoms with van der Waals surface area (Å²) in [7, 11) is 0. The molecule has 0 aliphatic carbocycles. The predicted octanol–water partition coefficient (Wildman–Crippen LogP) is 9.28. The summed E-state index contributed by atoms with van der Waals surface area (Å²) in [5.74, 6) is 0. The third kappa shape index (κ3) is 10.5. The van der Waals surface area contributed by atoms with Gasteiger partial charge in [-0.25, -0.2) is 22.7 Å². The molecule has 4 heterocycles. The molecule has 3 aromatic carbocycles. The van der Waals surface area contributed by atoms with Crippen LogP contribution < -0.4 is 0 Å². The minimum atomic E-state index is -0.416. The SMILES string of the molecule is CC(O)CC(O)CCc1ccccc1.[Ir].[c-]1c(-c2ccccn2)sc2ccccc12.[c-]1c(-c2ccccn2)sc2ccccc12. The minimum Gasteiger partial charge on any atom is -0.393 e. The number of hydrogen-bond donors (Lipinski definition) is 2. The number of nitrogens with zero attached hydrogens (tertiary/aromatic N) is 2. The number of rotatable bonds is 7. The fourth-order valence-corrected chi connectivity index (χ4v) is 6.51. The number of aromatic nitrogens is 2. The molecule has 7 heteroatoms. The molecule has 0 spiro atoms. The van der Waals surface area contributed by atoms with Crippen LogP contribution in [0.2, 0.25) is 0 Å². The summed E-state index contributed by atoms with van der Waals surface area (Å²) in [6.45, 7) is 1.70. The maximum atomic E-state index is 9.52. The Balaban J connectivity index is 0.000000152. The van der Waals surface area contributed by atoms with Crippen molar-refractivity contribution in [1.82, 2.24) is 9.97 Å². The first-order chi connectivity index (χ1) is 21.5. The molecule has 2 N–H and O–H groups in total. The van der Waals surface area contributed by atoms with Gasteiger partial charge in [-0.1, -0.05) is 78.9 Å². The van der Waals surface area contributed by atoms with Crippen molar-refractivity contribution in [3.63, 3.8) is 0 Å². The van der Waals surface area contributed by atoms with Crippen LogP contribution in [0.5, 0.6) is 0 Å². The van der Waals surface area contributed by atoms with Gasteiger partial charge in [-0.05, 0) is 63.0 Å². The van der Waals surface area contributed by atoms with E-state index >= 15 is 0 Å². The first-order valence-corrected chi connectivity index (χ1v) is 16.2. The van der Waals surface area contributed by atoms with Crippen molar-refractivity contribution in [2.45, 2.75) is 38.4 Å². The molecule has 0 saturated carbocycles. The molecule has 231 valence electrons. The van der Waals surface area contributed by atoms with Gasteiger partial charge in [-0.3, -0.25) is 0 Å². The van der Waals surface area contributed by atoms with Gasteiger partial charge in [0, 0.05) is 43.9 Å². The monoisotopic (exact) mass is 807 g/mol. The van der Waals surface area contributed by atoms with Crippen LogP contribution in [0.25, 0.3) is 41.3 Å². The second-order valence-electron chi connectivity index (χ2n) is 10.3. The zero-order valence-corrected chi connectivity index (χ0v) is 28.9. The summed E-state index contributed by atoms with van der Waals surface area (Å²) in [6.07, 6.45) is 4.87. The van der Waals surface area contributed by atoms with Crippen LogP contribution in [0.15, 0.2) is 128 Å². The van der Waals surface area contributed by atoms with Crippen molar-refractivity contribution in [1.29, 1.82) is 0 Å². The van der Waals surface area contributed by atoms with Crippen LogP contribution in [0.3, 0.4) is 0 Å². The van der Waals surface area contributed by atoms with E-state index in [1.54, 1.807) is 29.6 Å². The first-order valence-electron chi connectivity index (χ1n) is 14.6. The molecule has 0 amide bonds. The number of aliphatic hydroxyl groups excluding tert-OH is 2. The Morgan fingerprint density at radius 2 is 1.09 bits per heavy atom. The summed E-state index contributed by atoms with van der Waals surface area (Å²) in [6, 6.07) is 45.3. The molecule has 7 rings (SSSR count). The first kappa shape index (κ1) is 34.3. The average Bonchev–Trinajstić information content (AvgIpc) is 3.71. The number of fused-ring (bicyclic) bond motifs is 2. The molecular formula is C38H34IrN2O2S2-2. The smallest absolute Gasteiger partial charge is 0.0567 e. The molecule has 0 fully saturated rings. The summed E-state index contributed by atoms with van der Waals surface area (Å²) in [5.41, 5.74) is 3.23. The van der Waals surface area contributed by atoms with Gasteiger partial charge in [-0.15, -0.1) is 47.2 Å². The van der Waals surface area contributed by atoms with E-state index in [9.17, 15) is 5.11 Å². The minimum absolute atomic E-state index is 0. The molecule has 4 nitrogen and oxygen atoms in total. The maximum Gasteiger partial charge on any atom is 0.0567 e. The van der Waals surface area contributed by atoms with Gasteiger partial charge in [0.1, 0.15) is 0 Å². The third-order valence-electron chi connectivity index (χ3n) is 6.71. The van der Waals surface area contributed by atoms with E-state index in [1.165, 1.54) is 25.7 Å². The van der Waals surface area contributed by atoms with E-state index in [0.29, 0.717) is 6.42 Å². The summed E-state index contributed by atoms with van der Waals surface area (Å²) < 4.78 is 2.52. The average molecular weight is 807 g/mol. The molecule has 0 bridgehead atoms. The molecule has 2 unspecified atom stereocenters. The Bertz CT molecular complexity index is 1670. The van der Waals surface area contributed by atoms with Crippen molar-refractivity contribution in [2.24, 2.45) is 0 Å². The van der Waals surface area contributed by atoms with Gasteiger partial charge in [0.05, 0.1) is 12.2 Å². The van der Waals surface area contributed by atoms with Crippen molar-refractivity contribution in [3.05, 3.63) is 145 Å². The van der Waals surface area contributed by atoms with E-state index in [4.69, 9.17) is 5.11 Å². The Morgan fingerprint density at radius 1 is 0.622 bits per heavy atom. The molecular weight excluding hydrogens is 773 g/mol.